The minimum Gasteiger partial charge on any atom is -0.313 e. The molecule has 0 aliphatic rings. The van der Waals surface area contributed by atoms with Crippen LogP contribution >= 0.6 is 21.6 Å². The summed E-state index contributed by atoms with van der Waals surface area (Å²) in [6, 6.07) is 9.99. The molecule has 2 N–H and O–H groups in total. The smallest absolute Gasteiger partial charge is 0.313 e. The average Bonchev–Trinajstić information content (AvgIpc) is 2.33. The molecule has 0 spiro atoms. The molecular weight excluding hydrogens is 256 g/mol. The highest BCUT2D eigenvalue weighted by atomic mass is 33.1. The van der Waals surface area contributed by atoms with Gasteiger partial charge < -0.3 is 4.98 Å². The van der Waals surface area contributed by atoms with Crippen LogP contribution < -0.4 is 11.2 Å². The van der Waals surface area contributed by atoms with E-state index >= 15 is 0 Å². The van der Waals surface area contributed by atoms with Crippen LogP contribution in [-0.4, -0.2) is 9.97 Å². The molecule has 6 heteroatoms. The number of hydrogen-bond acceptors (Lipinski definition) is 4. The number of H-pyrrole nitrogens is 2. The first-order chi connectivity index (χ1) is 8.25. The minimum absolute atomic E-state index is 0.348. The second-order valence-corrected chi connectivity index (χ2v) is 5.61. The Morgan fingerprint density at radius 2 is 1.88 bits per heavy atom. The molecule has 0 aliphatic heterocycles. The van der Waals surface area contributed by atoms with Crippen LogP contribution in [0, 0.1) is 0 Å². The van der Waals surface area contributed by atoms with E-state index in [1.165, 1.54) is 22.6 Å². The lowest BCUT2D eigenvalue weighted by atomic mass is 10.2. The lowest BCUT2D eigenvalue weighted by Gasteiger charge is -2.00. The monoisotopic (exact) mass is 266 g/mol. The second-order valence-electron chi connectivity index (χ2n) is 3.27. The molecule has 0 amide bonds. The highest BCUT2D eigenvalue weighted by Gasteiger charge is 2.01. The Labute approximate surface area is 105 Å². The SMILES string of the molecule is O=c1[nH]cc(SSCc2ccccc2)c(=O)[nH]1. The molecule has 17 heavy (non-hydrogen) atoms. The van der Waals surface area contributed by atoms with E-state index in [0.717, 1.165) is 5.75 Å². The Bertz CT molecular complexity index is 592. The highest BCUT2D eigenvalue weighted by Crippen LogP contribution is 2.30. The van der Waals surface area contributed by atoms with Crippen molar-refractivity contribution in [3.8, 4) is 0 Å². The molecule has 1 aromatic heterocycles. The third-order valence-corrected chi connectivity index (χ3v) is 4.30. The van der Waals surface area contributed by atoms with Crippen LogP contribution in [0.3, 0.4) is 0 Å². The molecule has 0 fully saturated rings. The van der Waals surface area contributed by atoms with Gasteiger partial charge in [-0.2, -0.15) is 0 Å². The van der Waals surface area contributed by atoms with Crippen molar-refractivity contribution in [3.63, 3.8) is 0 Å². The maximum absolute atomic E-state index is 11.4. The summed E-state index contributed by atoms with van der Waals surface area (Å²) in [6.07, 6.45) is 1.43. The van der Waals surface area contributed by atoms with Gasteiger partial charge in [0.15, 0.2) is 0 Å². The summed E-state index contributed by atoms with van der Waals surface area (Å²) in [4.78, 5) is 27.3. The van der Waals surface area contributed by atoms with Gasteiger partial charge in [0.2, 0.25) is 0 Å². The summed E-state index contributed by atoms with van der Waals surface area (Å²) in [5.41, 5.74) is 0.373. The third kappa shape index (κ3) is 3.54. The molecule has 0 saturated carbocycles. The van der Waals surface area contributed by atoms with E-state index < -0.39 is 5.69 Å². The van der Waals surface area contributed by atoms with Gasteiger partial charge in [0.25, 0.3) is 5.56 Å². The fourth-order valence-corrected chi connectivity index (χ4v) is 3.28. The van der Waals surface area contributed by atoms with Crippen LogP contribution in [0.25, 0.3) is 0 Å². The second kappa shape index (κ2) is 5.79. The van der Waals surface area contributed by atoms with Crippen LogP contribution in [0.1, 0.15) is 5.56 Å². The van der Waals surface area contributed by atoms with Crippen molar-refractivity contribution in [1.29, 1.82) is 0 Å². The van der Waals surface area contributed by atoms with Gasteiger partial charge in [-0.25, -0.2) is 4.79 Å². The Hall–Kier alpha value is -1.40. The van der Waals surface area contributed by atoms with Gasteiger partial charge in [-0.1, -0.05) is 51.9 Å². The van der Waals surface area contributed by atoms with E-state index in [0.29, 0.717) is 4.90 Å². The molecule has 0 aliphatic carbocycles. The van der Waals surface area contributed by atoms with Crippen molar-refractivity contribution in [2.45, 2.75) is 10.6 Å². The molecule has 2 rings (SSSR count). The van der Waals surface area contributed by atoms with E-state index in [4.69, 9.17) is 0 Å². The van der Waals surface area contributed by atoms with Crippen molar-refractivity contribution in [3.05, 3.63) is 62.9 Å². The molecule has 1 heterocycles. The summed E-state index contributed by atoms with van der Waals surface area (Å²) in [6.45, 7) is 0. The number of benzene rings is 1. The zero-order valence-corrected chi connectivity index (χ0v) is 10.4. The lowest BCUT2D eigenvalue weighted by molar-refractivity contribution is 0.979. The molecule has 2 aromatic rings. The number of aromatic amines is 2. The predicted molar refractivity (Wildman–Crippen MR) is 71.3 cm³/mol. The first-order valence-electron chi connectivity index (χ1n) is 4.91. The normalized spacial score (nSPS) is 10.4. The molecule has 0 saturated heterocycles. The first kappa shape index (κ1) is 12.1. The van der Waals surface area contributed by atoms with Crippen molar-refractivity contribution in [2.75, 3.05) is 0 Å². The molecule has 88 valence electrons. The summed E-state index contributed by atoms with van der Waals surface area (Å²) in [5, 5.41) is 0. The van der Waals surface area contributed by atoms with E-state index in [-0.39, 0.29) is 5.56 Å². The van der Waals surface area contributed by atoms with Crippen LogP contribution in [0.5, 0.6) is 0 Å². The number of rotatable bonds is 4. The molecule has 0 radical (unpaired) electrons. The lowest BCUT2D eigenvalue weighted by Crippen LogP contribution is -2.21. The number of hydrogen-bond donors (Lipinski definition) is 2. The van der Waals surface area contributed by atoms with E-state index in [9.17, 15) is 9.59 Å². The van der Waals surface area contributed by atoms with Gasteiger partial charge in [-0.05, 0) is 5.56 Å². The van der Waals surface area contributed by atoms with Gasteiger partial charge in [0.1, 0.15) is 0 Å². The number of nitrogens with one attached hydrogen (secondary N) is 2. The van der Waals surface area contributed by atoms with Gasteiger partial charge in [-0.3, -0.25) is 9.78 Å². The fourth-order valence-electron chi connectivity index (χ4n) is 1.19. The Balaban J connectivity index is 1.95. The largest absolute Gasteiger partial charge is 0.325 e. The Morgan fingerprint density at radius 1 is 1.12 bits per heavy atom. The summed E-state index contributed by atoms with van der Waals surface area (Å²) < 4.78 is 0. The first-order valence-corrected chi connectivity index (χ1v) is 7.23. The molecule has 0 bridgehead atoms. The topological polar surface area (TPSA) is 65.7 Å². The van der Waals surface area contributed by atoms with E-state index in [1.807, 2.05) is 30.3 Å². The predicted octanol–water partition coefficient (Wildman–Crippen LogP) is 2.00. The maximum Gasteiger partial charge on any atom is 0.325 e. The van der Waals surface area contributed by atoms with Gasteiger partial charge in [-0.15, -0.1) is 0 Å². The highest BCUT2D eigenvalue weighted by molar-refractivity contribution is 8.76. The maximum atomic E-state index is 11.4. The molecule has 1 aromatic carbocycles. The zero-order valence-electron chi connectivity index (χ0n) is 8.80. The minimum atomic E-state index is -0.479. The Kier molecular flexibility index (Phi) is 4.11. The van der Waals surface area contributed by atoms with Gasteiger partial charge in [0.05, 0.1) is 4.90 Å². The zero-order chi connectivity index (χ0) is 12.1. The van der Waals surface area contributed by atoms with Gasteiger partial charge >= 0.3 is 5.69 Å². The standard InChI is InChI=1S/C11H10N2O2S2/c14-10-9(6-12-11(15)13-10)17-16-7-8-4-2-1-3-5-8/h1-6H,7H2,(H2,12,13,14,15). The number of aromatic nitrogens is 2. The van der Waals surface area contributed by atoms with Crippen molar-refractivity contribution < 1.29 is 0 Å². The molecular formula is C11H10N2O2S2. The summed E-state index contributed by atoms with van der Waals surface area (Å²) in [7, 11) is 2.91. The summed E-state index contributed by atoms with van der Waals surface area (Å²) in [5.74, 6) is 0.810. The van der Waals surface area contributed by atoms with E-state index in [2.05, 4.69) is 9.97 Å². The molecule has 0 unspecified atom stereocenters. The third-order valence-electron chi connectivity index (χ3n) is 2.00. The molecule has 4 nitrogen and oxygen atoms in total. The Morgan fingerprint density at radius 3 is 2.59 bits per heavy atom. The quantitative estimate of drug-likeness (QED) is 0.831. The van der Waals surface area contributed by atoms with Crippen LogP contribution in [-0.2, 0) is 5.75 Å². The van der Waals surface area contributed by atoms with Crippen LogP contribution in [0.15, 0.2) is 51.0 Å². The molecule has 0 atom stereocenters. The fraction of sp³-hybridized carbons (Fsp3) is 0.0909. The van der Waals surface area contributed by atoms with Crippen molar-refractivity contribution in [1.82, 2.24) is 9.97 Å². The van der Waals surface area contributed by atoms with Crippen LogP contribution in [0.2, 0.25) is 0 Å². The average molecular weight is 266 g/mol. The van der Waals surface area contributed by atoms with Crippen molar-refractivity contribution in [2.24, 2.45) is 0 Å². The van der Waals surface area contributed by atoms with E-state index in [1.54, 1.807) is 10.8 Å². The summed E-state index contributed by atoms with van der Waals surface area (Å²) >= 11 is 0. The van der Waals surface area contributed by atoms with Gasteiger partial charge in [0, 0.05) is 11.9 Å². The van der Waals surface area contributed by atoms with Crippen LogP contribution in [0.4, 0.5) is 0 Å². The van der Waals surface area contributed by atoms with Crippen molar-refractivity contribution >= 4 is 21.6 Å².